The second kappa shape index (κ2) is 8.76. The molecule has 1 saturated heterocycles. The normalized spacial score (nSPS) is 18.2. The van der Waals surface area contributed by atoms with Crippen LogP contribution in [0.15, 0.2) is 36.9 Å². The number of amides is 1. The van der Waals surface area contributed by atoms with Gasteiger partial charge in [-0.15, -0.1) is 0 Å². The molecule has 1 amide bonds. The van der Waals surface area contributed by atoms with Crippen molar-refractivity contribution in [1.82, 2.24) is 25.0 Å². The van der Waals surface area contributed by atoms with Gasteiger partial charge in [-0.3, -0.25) is 14.4 Å². The Bertz CT molecular complexity index is 670. The van der Waals surface area contributed by atoms with E-state index in [0.717, 1.165) is 32.5 Å². The number of carbonyl (C=O) groups is 1. The summed E-state index contributed by atoms with van der Waals surface area (Å²) in [6, 6.07) is 8.33. The second-order valence-corrected chi connectivity index (χ2v) is 6.89. The third kappa shape index (κ3) is 5.39. The van der Waals surface area contributed by atoms with Crippen molar-refractivity contribution in [2.24, 2.45) is 5.92 Å². The molecule has 1 aliphatic heterocycles. The molecule has 0 bridgehead atoms. The van der Waals surface area contributed by atoms with Crippen LogP contribution in [0.2, 0.25) is 0 Å². The third-order valence-electron chi connectivity index (χ3n) is 4.86. The Labute approximate surface area is 149 Å². The summed E-state index contributed by atoms with van der Waals surface area (Å²) >= 11 is 0. The van der Waals surface area contributed by atoms with Gasteiger partial charge in [0.25, 0.3) is 0 Å². The van der Waals surface area contributed by atoms with E-state index in [1.165, 1.54) is 17.5 Å². The Balaban J connectivity index is 1.39. The largest absolute Gasteiger partial charge is 0.355 e. The van der Waals surface area contributed by atoms with Crippen LogP contribution in [-0.4, -0.2) is 51.8 Å². The van der Waals surface area contributed by atoms with Crippen molar-refractivity contribution >= 4 is 5.91 Å². The number of benzene rings is 1. The minimum absolute atomic E-state index is 0.120. The molecule has 1 aromatic carbocycles. The van der Waals surface area contributed by atoms with Gasteiger partial charge in [-0.1, -0.05) is 24.3 Å². The zero-order valence-electron chi connectivity index (χ0n) is 14.9. The Hall–Kier alpha value is -2.21. The number of hydrogen-bond donors (Lipinski definition) is 1. The number of aryl methyl sites for hydroxylation is 1. The maximum Gasteiger partial charge on any atom is 0.234 e. The van der Waals surface area contributed by atoms with E-state index in [1.807, 2.05) is 16.8 Å². The molecule has 0 radical (unpaired) electrons. The van der Waals surface area contributed by atoms with Crippen LogP contribution >= 0.6 is 0 Å². The maximum absolute atomic E-state index is 12.2. The molecule has 2 heterocycles. The first-order valence-electron chi connectivity index (χ1n) is 9.06. The number of rotatable bonds is 7. The van der Waals surface area contributed by atoms with E-state index < -0.39 is 0 Å². The third-order valence-corrected chi connectivity index (χ3v) is 4.86. The highest BCUT2D eigenvalue weighted by Gasteiger charge is 2.22. The van der Waals surface area contributed by atoms with Gasteiger partial charge in [0.1, 0.15) is 12.7 Å². The van der Waals surface area contributed by atoms with Crippen molar-refractivity contribution in [3.63, 3.8) is 0 Å². The molecule has 1 aromatic heterocycles. The highest BCUT2D eigenvalue weighted by molar-refractivity contribution is 5.78. The number of nitrogens with zero attached hydrogens (tertiary/aromatic N) is 4. The van der Waals surface area contributed by atoms with Gasteiger partial charge in [-0.05, 0) is 49.8 Å². The van der Waals surface area contributed by atoms with Crippen LogP contribution in [0, 0.1) is 12.8 Å². The van der Waals surface area contributed by atoms with Crippen LogP contribution in [0.5, 0.6) is 0 Å². The summed E-state index contributed by atoms with van der Waals surface area (Å²) in [5.74, 6) is 0.658. The van der Waals surface area contributed by atoms with Crippen LogP contribution in [0.1, 0.15) is 24.0 Å². The SMILES string of the molecule is Cc1ccccc1CCNC(=O)CN1CCCC(Cn2cncn2)C1. The van der Waals surface area contributed by atoms with Crippen molar-refractivity contribution in [2.45, 2.75) is 32.7 Å². The lowest BCUT2D eigenvalue weighted by molar-refractivity contribution is -0.122. The molecule has 1 fully saturated rings. The predicted octanol–water partition coefficient (Wildman–Crippen LogP) is 1.66. The standard InChI is InChI=1S/C19H27N5O/c1-16-5-2-3-7-18(16)8-9-21-19(25)13-23-10-4-6-17(11-23)12-24-15-20-14-22-24/h2-3,5,7,14-15,17H,4,6,8-13H2,1H3,(H,21,25). The molecular weight excluding hydrogens is 314 g/mol. The lowest BCUT2D eigenvalue weighted by Crippen LogP contribution is -2.43. The van der Waals surface area contributed by atoms with Gasteiger partial charge in [0.15, 0.2) is 0 Å². The summed E-state index contributed by atoms with van der Waals surface area (Å²) in [7, 11) is 0. The van der Waals surface area contributed by atoms with Gasteiger partial charge < -0.3 is 5.32 Å². The molecule has 0 spiro atoms. The van der Waals surface area contributed by atoms with Crippen molar-refractivity contribution in [3.8, 4) is 0 Å². The first-order valence-corrected chi connectivity index (χ1v) is 9.06. The van der Waals surface area contributed by atoms with Crippen LogP contribution in [0.3, 0.4) is 0 Å². The van der Waals surface area contributed by atoms with Crippen molar-refractivity contribution in [2.75, 3.05) is 26.2 Å². The molecule has 1 aliphatic rings. The molecule has 6 heteroatoms. The minimum Gasteiger partial charge on any atom is -0.355 e. The molecule has 0 saturated carbocycles. The summed E-state index contributed by atoms with van der Waals surface area (Å²) in [6.07, 6.45) is 6.54. The summed E-state index contributed by atoms with van der Waals surface area (Å²) in [5.41, 5.74) is 2.58. The van der Waals surface area contributed by atoms with Crippen LogP contribution < -0.4 is 5.32 Å². The van der Waals surface area contributed by atoms with Gasteiger partial charge in [0.05, 0.1) is 6.54 Å². The molecule has 0 aliphatic carbocycles. The molecule has 3 rings (SSSR count). The van der Waals surface area contributed by atoms with Gasteiger partial charge in [-0.25, -0.2) is 4.98 Å². The van der Waals surface area contributed by atoms with Crippen LogP contribution in [0.25, 0.3) is 0 Å². The average Bonchev–Trinajstić information content (AvgIpc) is 3.10. The number of aromatic nitrogens is 3. The quantitative estimate of drug-likeness (QED) is 0.832. The number of likely N-dealkylation sites (tertiary alicyclic amines) is 1. The number of piperidine rings is 1. The Morgan fingerprint density at radius 1 is 1.36 bits per heavy atom. The monoisotopic (exact) mass is 341 g/mol. The first kappa shape index (κ1) is 17.6. The fourth-order valence-corrected chi connectivity index (χ4v) is 3.52. The molecule has 1 N–H and O–H groups in total. The Morgan fingerprint density at radius 2 is 2.24 bits per heavy atom. The topological polar surface area (TPSA) is 63.1 Å². The fraction of sp³-hybridized carbons (Fsp3) is 0.526. The van der Waals surface area contributed by atoms with Crippen LogP contribution in [0.4, 0.5) is 0 Å². The molecule has 6 nitrogen and oxygen atoms in total. The summed E-state index contributed by atoms with van der Waals surface area (Å²) in [4.78, 5) is 18.5. The summed E-state index contributed by atoms with van der Waals surface area (Å²) in [5, 5.41) is 7.24. The van der Waals surface area contributed by atoms with E-state index in [1.54, 1.807) is 12.7 Å². The maximum atomic E-state index is 12.2. The fourth-order valence-electron chi connectivity index (χ4n) is 3.52. The molecule has 1 atom stereocenters. The van der Waals surface area contributed by atoms with E-state index in [4.69, 9.17) is 0 Å². The predicted molar refractivity (Wildman–Crippen MR) is 97.1 cm³/mol. The van der Waals surface area contributed by atoms with Gasteiger partial charge in [0.2, 0.25) is 5.91 Å². The van der Waals surface area contributed by atoms with E-state index in [-0.39, 0.29) is 5.91 Å². The number of carbonyl (C=O) groups excluding carboxylic acids is 1. The molecule has 2 aromatic rings. The second-order valence-electron chi connectivity index (χ2n) is 6.89. The van der Waals surface area contributed by atoms with Crippen molar-refractivity contribution in [1.29, 1.82) is 0 Å². The lowest BCUT2D eigenvalue weighted by Gasteiger charge is -2.32. The smallest absolute Gasteiger partial charge is 0.234 e. The van der Waals surface area contributed by atoms with Gasteiger partial charge >= 0.3 is 0 Å². The first-order chi connectivity index (χ1) is 12.2. The Morgan fingerprint density at radius 3 is 3.04 bits per heavy atom. The zero-order chi connectivity index (χ0) is 17.5. The average molecular weight is 341 g/mol. The molecular formula is C19H27N5O. The van der Waals surface area contributed by atoms with Gasteiger partial charge in [0, 0.05) is 19.6 Å². The minimum atomic E-state index is 0.120. The van der Waals surface area contributed by atoms with Crippen molar-refractivity contribution < 1.29 is 4.79 Å². The highest BCUT2D eigenvalue weighted by atomic mass is 16.2. The molecule has 134 valence electrons. The number of nitrogens with one attached hydrogen (secondary N) is 1. The van der Waals surface area contributed by atoms with E-state index in [9.17, 15) is 4.79 Å². The van der Waals surface area contributed by atoms with Gasteiger partial charge in [-0.2, -0.15) is 5.10 Å². The summed E-state index contributed by atoms with van der Waals surface area (Å²) < 4.78 is 1.89. The lowest BCUT2D eigenvalue weighted by atomic mass is 9.98. The zero-order valence-corrected chi connectivity index (χ0v) is 14.9. The molecule has 1 unspecified atom stereocenters. The highest BCUT2D eigenvalue weighted by Crippen LogP contribution is 2.17. The van der Waals surface area contributed by atoms with Crippen LogP contribution in [-0.2, 0) is 17.8 Å². The number of hydrogen-bond acceptors (Lipinski definition) is 4. The van der Waals surface area contributed by atoms with E-state index in [0.29, 0.717) is 19.0 Å². The van der Waals surface area contributed by atoms with E-state index >= 15 is 0 Å². The van der Waals surface area contributed by atoms with Crippen molar-refractivity contribution in [3.05, 3.63) is 48.0 Å². The van der Waals surface area contributed by atoms with E-state index in [2.05, 4.69) is 39.4 Å². The summed E-state index contributed by atoms with van der Waals surface area (Å²) in [6.45, 7) is 6.12. The molecule has 25 heavy (non-hydrogen) atoms. The Kier molecular flexibility index (Phi) is 6.17.